The fourth-order valence-electron chi connectivity index (χ4n) is 2.82. The van der Waals surface area contributed by atoms with Crippen molar-refractivity contribution in [3.8, 4) is 0 Å². The van der Waals surface area contributed by atoms with Crippen LogP contribution in [0, 0.1) is 11.8 Å². The number of rotatable bonds is 3. The Hall–Kier alpha value is -1.32. The molecule has 0 bridgehead atoms. The molecule has 1 fully saturated rings. The third-order valence-corrected chi connectivity index (χ3v) is 3.96. The first-order valence-corrected chi connectivity index (χ1v) is 6.82. The maximum Gasteiger partial charge on any atom is 0.308 e. The van der Waals surface area contributed by atoms with Gasteiger partial charge in [-0.3, -0.25) is 9.59 Å². The minimum absolute atomic E-state index is 0.140. The molecule has 1 amide bonds. The predicted molar refractivity (Wildman–Crippen MR) is 68.0 cm³/mol. The largest absolute Gasteiger partial charge is 0.481 e. The number of amides is 1. The third-order valence-electron chi connectivity index (χ3n) is 3.96. The lowest BCUT2D eigenvalue weighted by molar-refractivity contribution is -0.145. The number of piperidine rings is 1. The van der Waals surface area contributed by atoms with Crippen LogP contribution >= 0.6 is 0 Å². The molecule has 0 aromatic rings. The zero-order chi connectivity index (χ0) is 13.0. The summed E-state index contributed by atoms with van der Waals surface area (Å²) in [4.78, 5) is 24.9. The van der Waals surface area contributed by atoms with Crippen LogP contribution in [-0.2, 0) is 9.59 Å². The lowest BCUT2D eigenvalue weighted by Crippen LogP contribution is -2.42. The number of carboxylic acid groups (broad SMARTS) is 1. The zero-order valence-electron chi connectivity index (χ0n) is 10.7. The fourth-order valence-corrected chi connectivity index (χ4v) is 2.82. The average Bonchev–Trinajstić information content (AvgIpc) is 2.40. The van der Waals surface area contributed by atoms with E-state index in [1.165, 1.54) is 0 Å². The Morgan fingerprint density at radius 1 is 1.28 bits per heavy atom. The van der Waals surface area contributed by atoms with Crippen molar-refractivity contribution in [2.75, 3.05) is 13.1 Å². The molecule has 2 unspecified atom stereocenters. The first-order chi connectivity index (χ1) is 8.66. The highest BCUT2D eigenvalue weighted by Gasteiger charge is 2.29. The minimum Gasteiger partial charge on any atom is -0.481 e. The van der Waals surface area contributed by atoms with E-state index in [2.05, 4.69) is 12.2 Å². The summed E-state index contributed by atoms with van der Waals surface area (Å²) in [6, 6.07) is 0. The first kappa shape index (κ1) is 13.1. The number of carbonyl (C=O) groups excluding carboxylic acids is 1. The van der Waals surface area contributed by atoms with Gasteiger partial charge in [0.05, 0.1) is 5.92 Å². The van der Waals surface area contributed by atoms with Crippen molar-refractivity contribution < 1.29 is 14.7 Å². The van der Waals surface area contributed by atoms with Gasteiger partial charge in [-0.05, 0) is 38.0 Å². The summed E-state index contributed by atoms with van der Waals surface area (Å²) in [6.07, 6.45) is 9.55. The highest BCUT2D eigenvalue weighted by atomic mass is 16.4. The monoisotopic (exact) mass is 251 g/mol. The van der Waals surface area contributed by atoms with Gasteiger partial charge in [-0.15, -0.1) is 0 Å². The molecule has 1 aliphatic heterocycles. The van der Waals surface area contributed by atoms with Gasteiger partial charge >= 0.3 is 5.97 Å². The molecule has 0 radical (unpaired) electrons. The SMILES string of the molecule is O=C(O)C1CCCN(C(=O)CC2CC=CCC2)C1. The van der Waals surface area contributed by atoms with E-state index in [0.717, 1.165) is 32.2 Å². The van der Waals surface area contributed by atoms with Gasteiger partial charge in [-0.25, -0.2) is 0 Å². The lowest BCUT2D eigenvalue weighted by Gasteiger charge is -2.32. The lowest BCUT2D eigenvalue weighted by atomic mass is 9.90. The summed E-state index contributed by atoms with van der Waals surface area (Å²) < 4.78 is 0. The minimum atomic E-state index is -0.770. The smallest absolute Gasteiger partial charge is 0.308 e. The molecule has 2 aliphatic rings. The van der Waals surface area contributed by atoms with E-state index < -0.39 is 5.97 Å². The molecule has 2 atom stereocenters. The van der Waals surface area contributed by atoms with Crippen LogP contribution in [0.25, 0.3) is 0 Å². The molecule has 18 heavy (non-hydrogen) atoms. The molecule has 1 saturated heterocycles. The number of aliphatic carboxylic acids is 1. The second-order valence-corrected chi connectivity index (χ2v) is 5.37. The number of carbonyl (C=O) groups is 2. The molecule has 4 heteroatoms. The van der Waals surface area contributed by atoms with Crippen molar-refractivity contribution in [1.29, 1.82) is 0 Å². The summed E-state index contributed by atoms with van der Waals surface area (Å²) in [5, 5.41) is 9.01. The van der Waals surface area contributed by atoms with Crippen LogP contribution in [0.5, 0.6) is 0 Å². The Morgan fingerprint density at radius 3 is 2.78 bits per heavy atom. The maximum absolute atomic E-state index is 12.1. The number of carboxylic acids is 1. The quantitative estimate of drug-likeness (QED) is 0.781. The highest BCUT2D eigenvalue weighted by Crippen LogP contribution is 2.24. The normalized spacial score (nSPS) is 28.1. The maximum atomic E-state index is 12.1. The molecule has 0 spiro atoms. The molecule has 100 valence electrons. The Labute approximate surface area is 108 Å². The predicted octanol–water partition coefficient (Wildman–Crippen LogP) is 2.06. The van der Waals surface area contributed by atoms with E-state index in [1.54, 1.807) is 4.90 Å². The van der Waals surface area contributed by atoms with Crippen LogP contribution in [0.1, 0.15) is 38.5 Å². The molecular formula is C14H21NO3. The summed E-state index contributed by atoms with van der Waals surface area (Å²) in [5.74, 6) is -0.545. The number of allylic oxidation sites excluding steroid dienone is 2. The van der Waals surface area contributed by atoms with Gasteiger partial charge in [0.1, 0.15) is 0 Å². The summed E-state index contributed by atoms with van der Waals surface area (Å²) in [5.41, 5.74) is 0. The van der Waals surface area contributed by atoms with E-state index in [9.17, 15) is 9.59 Å². The van der Waals surface area contributed by atoms with Crippen molar-refractivity contribution in [3.05, 3.63) is 12.2 Å². The molecular weight excluding hydrogens is 230 g/mol. The Bertz CT molecular complexity index is 351. The Morgan fingerprint density at radius 2 is 2.11 bits per heavy atom. The van der Waals surface area contributed by atoms with Gasteiger partial charge in [0, 0.05) is 19.5 Å². The van der Waals surface area contributed by atoms with E-state index in [1.807, 2.05) is 0 Å². The second kappa shape index (κ2) is 6.03. The first-order valence-electron chi connectivity index (χ1n) is 6.82. The zero-order valence-corrected chi connectivity index (χ0v) is 10.7. The number of hydrogen-bond acceptors (Lipinski definition) is 2. The van der Waals surface area contributed by atoms with Crippen LogP contribution in [0.2, 0.25) is 0 Å². The average molecular weight is 251 g/mol. The van der Waals surface area contributed by atoms with Crippen molar-refractivity contribution in [1.82, 2.24) is 4.90 Å². The van der Waals surface area contributed by atoms with Crippen molar-refractivity contribution in [2.24, 2.45) is 11.8 Å². The van der Waals surface area contributed by atoms with Gasteiger partial charge < -0.3 is 10.0 Å². The molecule has 0 aromatic heterocycles. The number of nitrogens with zero attached hydrogens (tertiary/aromatic N) is 1. The summed E-state index contributed by atoms with van der Waals surface area (Å²) >= 11 is 0. The Balaban J connectivity index is 1.84. The van der Waals surface area contributed by atoms with Crippen LogP contribution in [0.3, 0.4) is 0 Å². The molecule has 1 N–H and O–H groups in total. The number of hydrogen-bond donors (Lipinski definition) is 1. The van der Waals surface area contributed by atoms with E-state index in [4.69, 9.17) is 5.11 Å². The van der Waals surface area contributed by atoms with E-state index in [-0.39, 0.29) is 11.8 Å². The molecule has 1 heterocycles. The van der Waals surface area contributed by atoms with Crippen LogP contribution < -0.4 is 0 Å². The number of likely N-dealkylation sites (tertiary alicyclic amines) is 1. The van der Waals surface area contributed by atoms with Gasteiger partial charge in [0.2, 0.25) is 5.91 Å². The highest BCUT2D eigenvalue weighted by molar-refractivity contribution is 5.78. The topological polar surface area (TPSA) is 57.6 Å². The Kier molecular flexibility index (Phi) is 4.39. The van der Waals surface area contributed by atoms with Crippen molar-refractivity contribution in [3.63, 3.8) is 0 Å². The standard InChI is InChI=1S/C14H21NO3/c16-13(9-11-5-2-1-3-6-11)15-8-4-7-12(10-15)14(17)18/h1-2,11-12H,3-10H2,(H,17,18). The van der Waals surface area contributed by atoms with Crippen LogP contribution in [-0.4, -0.2) is 35.0 Å². The van der Waals surface area contributed by atoms with Crippen LogP contribution in [0.15, 0.2) is 12.2 Å². The molecule has 4 nitrogen and oxygen atoms in total. The summed E-state index contributed by atoms with van der Waals surface area (Å²) in [7, 11) is 0. The van der Waals surface area contributed by atoms with Gasteiger partial charge in [0.15, 0.2) is 0 Å². The molecule has 1 aliphatic carbocycles. The third kappa shape index (κ3) is 3.34. The van der Waals surface area contributed by atoms with Crippen molar-refractivity contribution >= 4 is 11.9 Å². The second-order valence-electron chi connectivity index (χ2n) is 5.37. The molecule has 0 aromatic carbocycles. The molecule has 0 saturated carbocycles. The van der Waals surface area contributed by atoms with E-state index >= 15 is 0 Å². The molecule has 2 rings (SSSR count). The van der Waals surface area contributed by atoms with Gasteiger partial charge in [0.25, 0.3) is 0 Å². The van der Waals surface area contributed by atoms with Gasteiger partial charge in [-0.1, -0.05) is 12.2 Å². The van der Waals surface area contributed by atoms with Crippen LogP contribution in [0.4, 0.5) is 0 Å². The summed E-state index contributed by atoms with van der Waals surface area (Å²) in [6.45, 7) is 1.13. The van der Waals surface area contributed by atoms with E-state index in [0.29, 0.717) is 25.3 Å². The van der Waals surface area contributed by atoms with Gasteiger partial charge in [-0.2, -0.15) is 0 Å². The van der Waals surface area contributed by atoms with Crippen molar-refractivity contribution in [2.45, 2.75) is 38.5 Å². The fraction of sp³-hybridized carbons (Fsp3) is 0.714.